The highest BCUT2D eigenvalue weighted by Crippen LogP contribution is 2.39. The molecule has 2 nitrogen and oxygen atoms in total. The molecule has 0 aliphatic heterocycles. The summed E-state index contributed by atoms with van der Waals surface area (Å²) in [6, 6.07) is 10.2. The molecular weight excluding hydrogens is 332 g/mol. The lowest BCUT2D eigenvalue weighted by Gasteiger charge is -2.39. The Hall–Kier alpha value is -0.553. The molecule has 0 aliphatic carbocycles. The van der Waals surface area contributed by atoms with Gasteiger partial charge in [0.15, 0.2) is 8.32 Å². The Balaban J connectivity index is 2.94. The Kier molecular flexibility index (Phi) is 7.79. The average molecular weight is 367 g/mol. The van der Waals surface area contributed by atoms with E-state index in [-0.39, 0.29) is 11.1 Å². The van der Waals surface area contributed by atoms with Crippen molar-refractivity contribution in [3.05, 3.63) is 41.3 Å². The molecule has 1 rings (SSSR count). The quantitative estimate of drug-likeness (QED) is 0.468. The van der Waals surface area contributed by atoms with Crippen LogP contribution in [0.2, 0.25) is 18.1 Å². The maximum Gasteiger partial charge on any atom is 0.192 e. The summed E-state index contributed by atoms with van der Waals surface area (Å²) in [6.45, 7) is 17.4. The summed E-state index contributed by atoms with van der Waals surface area (Å²) < 4.78 is 6.40. The van der Waals surface area contributed by atoms with Crippen molar-refractivity contribution < 1.29 is 9.53 Å². The minimum Gasteiger partial charge on any atom is -0.411 e. The molecule has 0 saturated carbocycles. The van der Waals surface area contributed by atoms with E-state index in [2.05, 4.69) is 65.9 Å². The molecular formula is C20H34O2SSi. The maximum atomic E-state index is 10.9. The number of benzene rings is 1. The first-order valence-electron chi connectivity index (χ1n) is 8.74. The van der Waals surface area contributed by atoms with Crippen LogP contribution in [0.25, 0.3) is 0 Å². The number of hydrogen-bond donors (Lipinski definition) is 1. The van der Waals surface area contributed by atoms with E-state index in [1.54, 1.807) is 11.8 Å². The highest BCUT2D eigenvalue weighted by atomic mass is 32.2. The van der Waals surface area contributed by atoms with Crippen molar-refractivity contribution in [1.82, 2.24) is 0 Å². The molecule has 0 aromatic heterocycles. The van der Waals surface area contributed by atoms with E-state index in [1.165, 1.54) is 0 Å². The van der Waals surface area contributed by atoms with E-state index < -0.39 is 14.4 Å². The van der Waals surface area contributed by atoms with Gasteiger partial charge in [-0.3, -0.25) is 0 Å². The van der Waals surface area contributed by atoms with Gasteiger partial charge in [0.25, 0.3) is 0 Å². The second-order valence-electron chi connectivity index (χ2n) is 8.26. The van der Waals surface area contributed by atoms with Gasteiger partial charge >= 0.3 is 0 Å². The van der Waals surface area contributed by atoms with Crippen molar-refractivity contribution in [2.75, 3.05) is 0 Å². The fourth-order valence-electron chi connectivity index (χ4n) is 2.08. The summed E-state index contributed by atoms with van der Waals surface area (Å²) in [5.74, 6) is 0.380. The normalized spacial score (nSPS) is 16.3. The monoisotopic (exact) mass is 366 g/mol. The summed E-state index contributed by atoms with van der Waals surface area (Å²) in [4.78, 5) is 2.12. The van der Waals surface area contributed by atoms with Gasteiger partial charge in [0.05, 0.1) is 6.10 Å². The third kappa shape index (κ3) is 6.39. The Labute approximate surface area is 153 Å². The van der Waals surface area contributed by atoms with Crippen molar-refractivity contribution in [3.8, 4) is 0 Å². The van der Waals surface area contributed by atoms with Crippen LogP contribution in [0.4, 0.5) is 0 Å². The second-order valence-corrected chi connectivity index (χ2v) is 14.2. The zero-order valence-electron chi connectivity index (χ0n) is 16.5. The van der Waals surface area contributed by atoms with Crippen molar-refractivity contribution in [1.29, 1.82) is 0 Å². The van der Waals surface area contributed by atoms with Gasteiger partial charge in [0.1, 0.15) is 6.10 Å². The van der Waals surface area contributed by atoms with Crippen LogP contribution in [0.15, 0.2) is 46.2 Å². The Morgan fingerprint density at radius 3 is 2.12 bits per heavy atom. The molecule has 0 bridgehead atoms. The van der Waals surface area contributed by atoms with Crippen LogP contribution in [0.1, 0.15) is 41.5 Å². The van der Waals surface area contributed by atoms with Crippen molar-refractivity contribution in [2.24, 2.45) is 5.92 Å². The van der Waals surface area contributed by atoms with E-state index in [9.17, 15) is 5.11 Å². The topological polar surface area (TPSA) is 29.5 Å². The molecule has 0 amide bonds. The van der Waals surface area contributed by atoms with Gasteiger partial charge in [0, 0.05) is 9.80 Å². The Bertz CT molecular complexity index is 532. The molecule has 0 spiro atoms. The standard InChI is InChI=1S/C20H34O2SSi/c1-15(2)14-18(23-17-12-10-9-11-13-17)19(21)16(3)22-24(7,8)20(4,5)6/h9-16,19,21H,1-8H3/b18-14+/t16-,19-/m0/s1. The molecule has 2 atom stereocenters. The summed E-state index contributed by atoms with van der Waals surface area (Å²) in [5.41, 5.74) is 0. The van der Waals surface area contributed by atoms with Crippen molar-refractivity contribution >= 4 is 20.1 Å². The first-order valence-corrected chi connectivity index (χ1v) is 12.5. The third-order valence-electron chi connectivity index (χ3n) is 4.50. The number of thioether (sulfide) groups is 1. The molecule has 0 unspecified atom stereocenters. The molecule has 0 heterocycles. The molecule has 0 radical (unpaired) electrons. The molecule has 136 valence electrons. The van der Waals surface area contributed by atoms with Gasteiger partial charge in [-0.15, -0.1) is 0 Å². The fourth-order valence-corrected chi connectivity index (χ4v) is 4.71. The fraction of sp³-hybridized carbons (Fsp3) is 0.600. The molecule has 0 fully saturated rings. The maximum absolute atomic E-state index is 10.9. The van der Waals surface area contributed by atoms with E-state index >= 15 is 0 Å². The zero-order valence-corrected chi connectivity index (χ0v) is 18.3. The van der Waals surface area contributed by atoms with Crippen LogP contribution in [-0.4, -0.2) is 25.6 Å². The summed E-state index contributed by atoms with van der Waals surface area (Å²) in [6.07, 6.45) is 1.33. The van der Waals surface area contributed by atoms with Crippen LogP contribution in [0.5, 0.6) is 0 Å². The molecule has 1 N–H and O–H groups in total. The molecule has 4 heteroatoms. The van der Waals surface area contributed by atoms with Gasteiger partial charge in [-0.1, -0.05) is 70.7 Å². The predicted octanol–water partition coefficient (Wildman–Crippen LogP) is 6.09. The van der Waals surface area contributed by atoms with Gasteiger partial charge in [-0.05, 0) is 43.1 Å². The van der Waals surface area contributed by atoms with Gasteiger partial charge in [-0.2, -0.15) is 0 Å². The zero-order chi connectivity index (χ0) is 18.5. The minimum atomic E-state index is -1.91. The first kappa shape index (κ1) is 21.5. The molecule has 0 saturated heterocycles. The lowest BCUT2D eigenvalue weighted by atomic mass is 10.1. The number of rotatable bonds is 7. The minimum absolute atomic E-state index is 0.134. The summed E-state index contributed by atoms with van der Waals surface area (Å²) in [7, 11) is -1.91. The smallest absolute Gasteiger partial charge is 0.192 e. The lowest BCUT2D eigenvalue weighted by Crippen LogP contribution is -2.46. The molecule has 24 heavy (non-hydrogen) atoms. The number of allylic oxidation sites excluding steroid dienone is 1. The number of aliphatic hydroxyl groups is 1. The first-order chi connectivity index (χ1) is 10.9. The average Bonchev–Trinajstić information content (AvgIpc) is 2.44. The third-order valence-corrected chi connectivity index (χ3v) is 10.2. The van der Waals surface area contributed by atoms with Crippen LogP contribution >= 0.6 is 11.8 Å². The largest absolute Gasteiger partial charge is 0.411 e. The Morgan fingerprint density at radius 2 is 1.67 bits per heavy atom. The summed E-state index contributed by atoms with van der Waals surface area (Å²) >= 11 is 1.63. The van der Waals surface area contributed by atoms with Crippen LogP contribution in [0, 0.1) is 5.92 Å². The molecule has 0 aliphatic rings. The Morgan fingerprint density at radius 1 is 1.12 bits per heavy atom. The second kappa shape index (κ2) is 8.70. The lowest BCUT2D eigenvalue weighted by molar-refractivity contribution is 0.0667. The van der Waals surface area contributed by atoms with E-state index in [4.69, 9.17) is 4.43 Å². The van der Waals surface area contributed by atoms with Crippen molar-refractivity contribution in [2.45, 2.75) is 76.8 Å². The van der Waals surface area contributed by atoms with Gasteiger partial charge < -0.3 is 9.53 Å². The highest BCUT2D eigenvalue weighted by Gasteiger charge is 2.40. The molecule has 1 aromatic carbocycles. The SMILES string of the molecule is CC(C)/C=C(/Sc1ccccc1)[C@@H](O)[C@H](C)O[Si](C)(C)C(C)(C)C. The van der Waals surface area contributed by atoms with E-state index in [0.29, 0.717) is 5.92 Å². The van der Waals surface area contributed by atoms with E-state index in [0.717, 1.165) is 9.80 Å². The predicted molar refractivity (Wildman–Crippen MR) is 109 cm³/mol. The van der Waals surface area contributed by atoms with Gasteiger partial charge in [-0.25, -0.2) is 0 Å². The van der Waals surface area contributed by atoms with E-state index in [1.807, 2.05) is 25.1 Å². The number of hydrogen-bond acceptors (Lipinski definition) is 3. The van der Waals surface area contributed by atoms with Gasteiger partial charge in [0.2, 0.25) is 0 Å². The van der Waals surface area contributed by atoms with Crippen LogP contribution in [-0.2, 0) is 4.43 Å². The highest BCUT2D eigenvalue weighted by molar-refractivity contribution is 8.03. The molecule has 1 aromatic rings. The van der Waals surface area contributed by atoms with Crippen LogP contribution < -0.4 is 0 Å². The van der Waals surface area contributed by atoms with Crippen molar-refractivity contribution in [3.63, 3.8) is 0 Å². The summed E-state index contributed by atoms with van der Waals surface area (Å²) in [5, 5.41) is 11.1. The number of aliphatic hydroxyl groups excluding tert-OH is 1. The van der Waals surface area contributed by atoms with Crippen LogP contribution in [0.3, 0.4) is 0 Å².